The second-order valence-corrected chi connectivity index (χ2v) is 2.98. The van der Waals surface area contributed by atoms with Crippen LogP contribution < -0.4 is 5.73 Å². The van der Waals surface area contributed by atoms with Gasteiger partial charge in [-0.25, -0.2) is 4.98 Å². The number of hydrogen-bond acceptors (Lipinski definition) is 4. The number of rotatable bonds is 2. The van der Waals surface area contributed by atoms with Gasteiger partial charge in [-0.2, -0.15) is 0 Å². The fourth-order valence-electron chi connectivity index (χ4n) is 1.31. The van der Waals surface area contributed by atoms with E-state index in [1.807, 2.05) is 0 Å². The van der Waals surface area contributed by atoms with Crippen molar-refractivity contribution in [2.45, 2.75) is 6.54 Å². The normalized spacial score (nSPS) is 10.2. The Morgan fingerprint density at radius 3 is 3.00 bits per heavy atom. The van der Waals surface area contributed by atoms with E-state index in [1.54, 1.807) is 30.7 Å². The molecule has 0 radical (unpaired) electrons. The number of nitrogens with two attached hydrogens (primary N) is 1. The first-order valence-electron chi connectivity index (χ1n) is 4.49. The molecule has 0 saturated carbocycles. The Balaban J connectivity index is 2.42. The highest BCUT2D eigenvalue weighted by Gasteiger charge is 2.12. The first-order chi connectivity index (χ1) is 7.33. The summed E-state index contributed by atoms with van der Waals surface area (Å²) in [6.45, 7) is 0.247. The fraction of sp³-hybridized carbons (Fsp3) is 0.100. The van der Waals surface area contributed by atoms with Crippen LogP contribution in [0.2, 0.25) is 0 Å². The maximum absolute atomic E-state index is 11.9. The molecule has 15 heavy (non-hydrogen) atoms. The minimum Gasteiger partial charge on any atom is -0.325 e. The van der Waals surface area contributed by atoms with Crippen molar-refractivity contribution in [1.82, 2.24) is 14.5 Å². The van der Waals surface area contributed by atoms with E-state index in [4.69, 9.17) is 5.73 Å². The third-order valence-electron chi connectivity index (χ3n) is 2.05. The second-order valence-electron chi connectivity index (χ2n) is 2.98. The standard InChI is InChI=1S/C10H10N4O/c11-6-9-8(2-1-3-13-9)10(15)14-5-4-12-7-14/h1-5,7H,6,11H2. The molecular weight excluding hydrogens is 192 g/mol. The molecular formula is C10H10N4O. The van der Waals surface area contributed by atoms with Crippen LogP contribution in [0.15, 0.2) is 37.1 Å². The van der Waals surface area contributed by atoms with Crippen molar-refractivity contribution < 1.29 is 4.79 Å². The van der Waals surface area contributed by atoms with Gasteiger partial charge in [0, 0.05) is 25.1 Å². The molecule has 2 aromatic rings. The average molecular weight is 202 g/mol. The number of carbonyl (C=O) groups is 1. The molecule has 0 amide bonds. The van der Waals surface area contributed by atoms with Gasteiger partial charge in [0.2, 0.25) is 0 Å². The van der Waals surface area contributed by atoms with E-state index in [0.29, 0.717) is 11.3 Å². The Morgan fingerprint density at radius 2 is 2.33 bits per heavy atom. The van der Waals surface area contributed by atoms with Gasteiger partial charge in [0.1, 0.15) is 6.33 Å². The van der Waals surface area contributed by atoms with E-state index in [2.05, 4.69) is 9.97 Å². The first kappa shape index (κ1) is 9.54. The van der Waals surface area contributed by atoms with Crippen molar-refractivity contribution in [3.05, 3.63) is 48.3 Å². The number of nitrogens with zero attached hydrogens (tertiary/aromatic N) is 3. The van der Waals surface area contributed by atoms with Gasteiger partial charge in [-0.1, -0.05) is 0 Å². The molecule has 0 spiro atoms. The molecule has 0 bridgehead atoms. The van der Waals surface area contributed by atoms with Gasteiger partial charge in [-0.05, 0) is 12.1 Å². The lowest BCUT2D eigenvalue weighted by atomic mass is 10.2. The van der Waals surface area contributed by atoms with Gasteiger partial charge in [-0.3, -0.25) is 14.3 Å². The van der Waals surface area contributed by atoms with Crippen LogP contribution in [0, 0.1) is 0 Å². The Morgan fingerprint density at radius 1 is 1.47 bits per heavy atom. The summed E-state index contributed by atoms with van der Waals surface area (Å²) in [6.07, 6.45) is 6.22. The van der Waals surface area contributed by atoms with Crippen LogP contribution in [-0.2, 0) is 6.54 Å². The number of carbonyl (C=O) groups excluding carboxylic acids is 1. The molecule has 0 aliphatic carbocycles. The molecule has 0 aliphatic heterocycles. The van der Waals surface area contributed by atoms with Crippen LogP contribution in [0.5, 0.6) is 0 Å². The number of hydrogen-bond donors (Lipinski definition) is 1. The van der Waals surface area contributed by atoms with Crippen LogP contribution in [-0.4, -0.2) is 20.4 Å². The summed E-state index contributed by atoms with van der Waals surface area (Å²) in [5.41, 5.74) is 6.61. The maximum Gasteiger partial charge on any atom is 0.265 e. The SMILES string of the molecule is NCc1ncccc1C(=O)n1ccnc1. The Kier molecular flexibility index (Phi) is 2.55. The summed E-state index contributed by atoms with van der Waals surface area (Å²) in [6, 6.07) is 3.42. The topological polar surface area (TPSA) is 73.8 Å². The van der Waals surface area contributed by atoms with Crippen LogP contribution >= 0.6 is 0 Å². The molecule has 2 rings (SSSR count). The highest BCUT2D eigenvalue weighted by molar-refractivity contribution is 5.96. The van der Waals surface area contributed by atoms with Crippen LogP contribution in [0.3, 0.4) is 0 Å². The molecule has 0 saturated heterocycles. The lowest BCUT2D eigenvalue weighted by Crippen LogP contribution is -2.15. The van der Waals surface area contributed by atoms with Gasteiger partial charge in [-0.15, -0.1) is 0 Å². The third kappa shape index (κ3) is 1.77. The zero-order chi connectivity index (χ0) is 10.7. The van der Waals surface area contributed by atoms with Crippen molar-refractivity contribution in [2.24, 2.45) is 5.73 Å². The molecule has 2 N–H and O–H groups in total. The molecule has 2 heterocycles. The molecule has 0 unspecified atom stereocenters. The smallest absolute Gasteiger partial charge is 0.265 e. The second kappa shape index (κ2) is 4.02. The lowest BCUT2D eigenvalue weighted by Gasteiger charge is -2.05. The summed E-state index contributed by atoms with van der Waals surface area (Å²) in [5, 5.41) is 0. The molecule has 0 aliphatic rings. The van der Waals surface area contributed by atoms with Crippen molar-refractivity contribution in [3.8, 4) is 0 Å². The minimum absolute atomic E-state index is 0.166. The third-order valence-corrected chi connectivity index (χ3v) is 2.05. The Labute approximate surface area is 86.6 Å². The van der Waals surface area contributed by atoms with E-state index in [0.717, 1.165) is 0 Å². The molecule has 76 valence electrons. The fourth-order valence-corrected chi connectivity index (χ4v) is 1.31. The van der Waals surface area contributed by atoms with Crippen molar-refractivity contribution >= 4 is 5.91 Å². The zero-order valence-electron chi connectivity index (χ0n) is 8.00. The van der Waals surface area contributed by atoms with Crippen LogP contribution in [0.25, 0.3) is 0 Å². The van der Waals surface area contributed by atoms with Crippen molar-refractivity contribution in [1.29, 1.82) is 0 Å². The largest absolute Gasteiger partial charge is 0.325 e. The summed E-state index contributed by atoms with van der Waals surface area (Å²) in [4.78, 5) is 19.8. The number of pyridine rings is 1. The molecule has 5 heteroatoms. The average Bonchev–Trinajstić information content (AvgIpc) is 2.81. The lowest BCUT2D eigenvalue weighted by molar-refractivity contribution is 0.0958. The van der Waals surface area contributed by atoms with Crippen LogP contribution in [0.4, 0.5) is 0 Å². The molecule has 5 nitrogen and oxygen atoms in total. The van der Waals surface area contributed by atoms with E-state index in [1.165, 1.54) is 10.9 Å². The van der Waals surface area contributed by atoms with Crippen LogP contribution in [0.1, 0.15) is 16.1 Å². The summed E-state index contributed by atoms with van der Waals surface area (Å²) >= 11 is 0. The van der Waals surface area contributed by atoms with Gasteiger partial charge in [0.05, 0.1) is 11.3 Å². The monoisotopic (exact) mass is 202 g/mol. The first-order valence-corrected chi connectivity index (χ1v) is 4.49. The Bertz CT molecular complexity index is 464. The van der Waals surface area contributed by atoms with Gasteiger partial charge >= 0.3 is 0 Å². The molecule has 2 aromatic heterocycles. The van der Waals surface area contributed by atoms with E-state index in [-0.39, 0.29) is 12.5 Å². The highest BCUT2D eigenvalue weighted by atomic mass is 16.2. The summed E-state index contributed by atoms with van der Waals surface area (Å²) in [5.74, 6) is -0.166. The summed E-state index contributed by atoms with van der Waals surface area (Å²) < 4.78 is 1.40. The quantitative estimate of drug-likeness (QED) is 0.766. The van der Waals surface area contributed by atoms with E-state index in [9.17, 15) is 4.79 Å². The van der Waals surface area contributed by atoms with Gasteiger partial charge in [0.15, 0.2) is 0 Å². The Hall–Kier alpha value is -2.01. The predicted octanol–water partition coefficient (Wildman–Crippen LogP) is 0.425. The van der Waals surface area contributed by atoms with Crippen molar-refractivity contribution in [2.75, 3.05) is 0 Å². The van der Waals surface area contributed by atoms with Gasteiger partial charge < -0.3 is 5.73 Å². The van der Waals surface area contributed by atoms with Gasteiger partial charge in [0.25, 0.3) is 5.91 Å². The van der Waals surface area contributed by atoms with E-state index < -0.39 is 0 Å². The van der Waals surface area contributed by atoms with E-state index >= 15 is 0 Å². The van der Waals surface area contributed by atoms with Crippen molar-refractivity contribution in [3.63, 3.8) is 0 Å². The number of imidazole rings is 1. The minimum atomic E-state index is -0.166. The molecule has 0 aromatic carbocycles. The molecule has 0 atom stereocenters. The molecule has 0 fully saturated rings. The highest BCUT2D eigenvalue weighted by Crippen LogP contribution is 2.06. The predicted molar refractivity (Wildman–Crippen MR) is 54.1 cm³/mol. The zero-order valence-corrected chi connectivity index (χ0v) is 8.00. The number of aromatic nitrogens is 3. The summed E-state index contributed by atoms with van der Waals surface area (Å²) in [7, 11) is 0. The maximum atomic E-state index is 11.9.